The van der Waals surface area contributed by atoms with Gasteiger partial charge >= 0.3 is 5.97 Å². The molecule has 0 saturated carbocycles. The summed E-state index contributed by atoms with van der Waals surface area (Å²) < 4.78 is 0.965. The predicted octanol–water partition coefficient (Wildman–Crippen LogP) is 4.90. The minimum absolute atomic E-state index is 0.0160. The van der Waals surface area contributed by atoms with E-state index in [0.29, 0.717) is 0 Å². The second kappa shape index (κ2) is 5.31. The third kappa shape index (κ3) is 2.63. The zero-order chi connectivity index (χ0) is 15.1. The predicted molar refractivity (Wildman–Crippen MR) is 90.1 cm³/mol. The number of H-pyrrole nitrogens is 1. The van der Waals surface area contributed by atoms with E-state index < -0.39 is 5.97 Å². The molecule has 0 saturated heterocycles. The standard InChI is InChI=1S/C16H14BrNO2S/c1-8-5-10(17)6-11-12(7-14(19)20)16(18-15(8)11)13-4-3-9(2)21-13/h3-6,18H,7H2,1-2H3,(H,19,20). The Hall–Kier alpha value is -1.59. The first-order valence-electron chi connectivity index (χ1n) is 6.55. The zero-order valence-electron chi connectivity index (χ0n) is 11.7. The molecule has 21 heavy (non-hydrogen) atoms. The molecular weight excluding hydrogens is 350 g/mol. The van der Waals surface area contributed by atoms with Gasteiger partial charge in [-0.2, -0.15) is 0 Å². The number of aryl methyl sites for hydroxylation is 2. The van der Waals surface area contributed by atoms with Gasteiger partial charge in [0.2, 0.25) is 0 Å². The van der Waals surface area contributed by atoms with Crippen LogP contribution in [0.2, 0.25) is 0 Å². The summed E-state index contributed by atoms with van der Waals surface area (Å²) in [6, 6.07) is 8.12. The number of nitrogens with one attached hydrogen (secondary N) is 1. The summed E-state index contributed by atoms with van der Waals surface area (Å²) >= 11 is 5.17. The Balaban J connectivity index is 2.32. The van der Waals surface area contributed by atoms with Crippen LogP contribution in [0.4, 0.5) is 0 Å². The fourth-order valence-corrected chi connectivity index (χ4v) is 4.06. The van der Waals surface area contributed by atoms with Crippen LogP contribution in [0.5, 0.6) is 0 Å². The molecule has 0 aliphatic rings. The Morgan fingerprint density at radius 2 is 2.10 bits per heavy atom. The Kier molecular flexibility index (Phi) is 3.63. The lowest BCUT2D eigenvalue weighted by Gasteiger charge is -2.01. The Labute approximate surface area is 134 Å². The number of aromatic amines is 1. The highest BCUT2D eigenvalue weighted by Gasteiger charge is 2.18. The van der Waals surface area contributed by atoms with Gasteiger partial charge < -0.3 is 10.1 Å². The molecule has 108 valence electrons. The van der Waals surface area contributed by atoms with Gasteiger partial charge in [0.15, 0.2) is 0 Å². The second-order valence-corrected chi connectivity index (χ2v) is 7.31. The first-order chi connectivity index (χ1) is 9.95. The summed E-state index contributed by atoms with van der Waals surface area (Å²) in [6.45, 7) is 4.08. The van der Waals surface area contributed by atoms with Gasteiger partial charge in [0, 0.05) is 20.3 Å². The van der Waals surface area contributed by atoms with Crippen LogP contribution >= 0.6 is 27.3 Å². The largest absolute Gasteiger partial charge is 0.481 e. The number of rotatable bonds is 3. The minimum atomic E-state index is -0.817. The molecule has 0 bridgehead atoms. The van der Waals surface area contributed by atoms with Crippen molar-refractivity contribution in [2.45, 2.75) is 20.3 Å². The topological polar surface area (TPSA) is 53.1 Å². The van der Waals surface area contributed by atoms with Gasteiger partial charge in [-0.15, -0.1) is 11.3 Å². The average Bonchev–Trinajstić information content (AvgIpc) is 2.94. The third-order valence-corrected chi connectivity index (χ3v) is 4.97. The van der Waals surface area contributed by atoms with Crippen molar-refractivity contribution in [2.24, 2.45) is 0 Å². The number of aliphatic carboxylic acids is 1. The van der Waals surface area contributed by atoms with E-state index in [1.807, 2.05) is 25.1 Å². The average molecular weight is 364 g/mol. The van der Waals surface area contributed by atoms with Crippen molar-refractivity contribution in [1.82, 2.24) is 4.98 Å². The number of hydrogen-bond donors (Lipinski definition) is 2. The fourth-order valence-electron chi connectivity index (χ4n) is 2.60. The van der Waals surface area contributed by atoms with Crippen LogP contribution < -0.4 is 0 Å². The van der Waals surface area contributed by atoms with Gasteiger partial charge in [0.05, 0.1) is 17.0 Å². The van der Waals surface area contributed by atoms with E-state index in [-0.39, 0.29) is 6.42 Å². The van der Waals surface area contributed by atoms with Crippen molar-refractivity contribution in [3.05, 3.63) is 44.7 Å². The van der Waals surface area contributed by atoms with Crippen LogP contribution in [-0.2, 0) is 11.2 Å². The molecule has 2 aromatic heterocycles. The van der Waals surface area contributed by atoms with E-state index >= 15 is 0 Å². The molecule has 3 aromatic rings. The zero-order valence-corrected chi connectivity index (χ0v) is 14.1. The molecule has 2 N–H and O–H groups in total. The summed E-state index contributed by atoms with van der Waals surface area (Å²) in [5, 5.41) is 10.2. The lowest BCUT2D eigenvalue weighted by molar-refractivity contribution is -0.136. The summed E-state index contributed by atoms with van der Waals surface area (Å²) in [5.41, 5.74) is 3.89. The van der Waals surface area contributed by atoms with Gasteiger partial charge in [-0.1, -0.05) is 15.9 Å². The van der Waals surface area contributed by atoms with E-state index in [1.54, 1.807) is 11.3 Å². The first-order valence-corrected chi connectivity index (χ1v) is 8.16. The smallest absolute Gasteiger partial charge is 0.307 e. The normalized spacial score (nSPS) is 11.2. The maximum absolute atomic E-state index is 11.2. The SMILES string of the molecule is Cc1ccc(-c2[nH]c3c(C)cc(Br)cc3c2CC(=O)O)s1. The van der Waals surface area contributed by atoms with Crippen molar-refractivity contribution in [3.63, 3.8) is 0 Å². The molecule has 0 fully saturated rings. The molecule has 0 spiro atoms. The molecule has 5 heteroatoms. The van der Waals surface area contributed by atoms with Crippen molar-refractivity contribution in [2.75, 3.05) is 0 Å². The van der Waals surface area contributed by atoms with Gasteiger partial charge in [-0.3, -0.25) is 4.79 Å². The van der Waals surface area contributed by atoms with Crippen LogP contribution in [-0.4, -0.2) is 16.1 Å². The van der Waals surface area contributed by atoms with Gasteiger partial charge in [0.25, 0.3) is 0 Å². The Morgan fingerprint density at radius 1 is 1.33 bits per heavy atom. The Bertz CT molecular complexity index is 847. The van der Waals surface area contributed by atoms with E-state index in [0.717, 1.165) is 37.1 Å². The molecule has 0 unspecified atom stereocenters. The van der Waals surface area contributed by atoms with Crippen LogP contribution in [0.25, 0.3) is 21.5 Å². The number of carbonyl (C=O) groups is 1. The van der Waals surface area contributed by atoms with Crippen molar-refractivity contribution < 1.29 is 9.90 Å². The van der Waals surface area contributed by atoms with Crippen LogP contribution in [0.15, 0.2) is 28.7 Å². The lowest BCUT2D eigenvalue weighted by Crippen LogP contribution is -2.00. The molecule has 0 amide bonds. The summed E-state index contributed by atoms with van der Waals surface area (Å²) in [4.78, 5) is 17.0. The molecular formula is C16H14BrNO2S. The molecule has 0 radical (unpaired) electrons. The summed E-state index contributed by atoms with van der Waals surface area (Å²) in [7, 11) is 0. The Morgan fingerprint density at radius 3 is 2.71 bits per heavy atom. The number of aromatic nitrogens is 1. The maximum Gasteiger partial charge on any atom is 0.307 e. The quantitative estimate of drug-likeness (QED) is 0.694. The number of carboxylic acid groups (broad SMARTS) is 1. The molecule has 3 rings (SSSR count). The highest BCUT2D eigenvalue weighted by molar-refractivity contribution is 9.10. The van der Waals surface area contributed by atoms with Crippen LogP contribution in [0, 0.1) is 13.8 Å². The maximum atomic E-state index is 11.2. The van der Waals surface area contributed by atoms with E-state index in [2.05, 4.69) is 33.9 Å². The molecule has 0 aliphatic heterocycles. The molecule has 0 atom stereocenters. The van der Waals surface area contributed by atoms with Gasteiger partial charge in [-0.25, -0.2) is 0 Å². The fraction of sp³-hybridized carbons (Fsp3) is 0.188. The number of benzene rings is 1. The van der Waals surface area contributed by atoms with Crippen molar-refractivity contribution in [3.8, 4) is 10.6 Å². The number of carboxylic acids is 1. The van der Waals surface area contributed by atoms with E-state index in [1.165, 1.54) is 4.88 Å². The second-order valence-electron chi connectivity index (χ2n) is 5.10. The highest BCUT2D eigenvalue weighted by Crippen LogP contribution is 2.37. The monoisotopic (exact) mass is 363 g/mol. The molecule has 1 aromatic carbocycles. The number of hydrogen-bond acceptors (Lipinski definition) is 2. The third-order valence-electron chi connectivity index (χ3n) is 3.49. The van der Waals surface area contributed by atoms with Gasteiger partial charge in [-0.05, 0) is 49.2 Å². The molecule has 0 aliphatic carbocycles. The van der Waals surface area contributed by atoms with Crippen molar-refractivity contribution >= 4 is 44.1 Å². The number of halogens is 1. The number of thiophene rings is 1. The molecule has 2 heterocycles. The van der Waals surface area contributed by atoms with E-state index in [9.17, 15) is 9.90 Å². The minimum Gasteiger partial charge on any atom is -0.481 e. The first kappa shape index (κ1) is 14.4. The summed E-state index contributed by atoms with van der Waals surface area (Å²) in [6.07, 6.45) is 0.0160. The van der Waals surface area contributed by atoms with Gasteiger partial charge in [0.1, 0.15) is 0 Å². The molecule has 3 nitrogen and oxygen atoms in total. The highest BCUT2D eigenvalue weighted by atomic mass is 79.9. The summed E-state index contributed by atoms with van der Waals surface area (Å²) in [5.74, 6) is -0.817. The van der Waals surface area contributed by atoms with E-state index in [4.69, 9.17) is 0 Å². The van der Waals surface area contributed by atoms with Crippen LogP contribution in [0.1, 0.15) is 16.0 Å². The number of fused-ring (bicyclic) bond motifs is 1. The van der Waals surface area contributed by atoms with Crippen molar-refractivity contribution in [1.29, 1.82) is 0 Å². The lowest BCUT2D eigenvalue weighted by atomic mass is 10.0. The van der Waals surface area contributed by atoms with Crippen LogP contribution in [0.3, 0.4) is 0 Å².